The van der Waals surface area contributed by atoms with Gasteiger partial charge in [0, 0.05) is 18.5 Å². The number of aliphatic hydroxyl groups excluding tert-OH is 1. The van der Waals surface area contributed by atoms with Gasteiger partial charge in [0.1, 0.15) is 5.75 Å². The zero-order valence-corrected chi connectivity index (χ0v) is 16.4. The van der Waals surface area contributed by atoms with Crippen LogP contribution in [0.3, 0.4) is 0 Å². The average molecular weight is 399 g/mol. The number of hydrogen-bond acceptors (Lipinski definition) is 3. The summed E-state index contributed by atoms with van der Waals surface area (Å²) in [7, 11) is 0. The maximum Gasteiger partial charge on any atom is 0.573 e. The van der Waals surface area contributed by atoms with Crippen LogP contribution in [0.15, 0.2) is 18.2 Å². The zero-order chi connectivity index (χ0) is 20.5. The van der Waals surface area contributed by atoms with Crippen molar-refractivity contribution in [2.75, 3.05) is 19.7 Å². The van der Waals surface area contributed by atoms with Crippen LogP contribution < -0.4 is 4.74 Å². The van der Waals surface area contributed by atoms with Crippen LogP contribution in [-0.4, -0.2) is 42.0 Å². The topological polar surface area (TPSA) is 49.8 Å². The van der Waals surface area contributed by atoms with Crippen molar-refractivity contribution in [3.8, 4) is 5.75 Å². The van der Waals surface area contributed by atoms with Gasteiger partial charge >= 0.3 is 6.36 Å². The Kier molecular flexibility index (Phi) is 5.94. The zero-order valence-electron chi connectivity index (χ0n) is 16.4. The maximum absolute atomic E-state index is 12.5. The Hall–Kier alpha value is -1.76. The lowest BCUT2D eigenvalue weighted by Crippen LogP contribution is -2.59. The molecule has 1 aromatic rings. The molecule has 1 N–H and O–H groups in total. The van der Waals surface area contributed by atoms with Gasteiger partial charge in [-0.25, -0.2) is 0 Å². The lowest BCUT2D eigenvalue weighted by molar-refractivity contribution is -0.274. The van der Waals surface area contributed by atoms with Crippen molar-refractivity contribution in [3.05, 3.63) is 29.3 Å². The van der Waals surface area contributed by atoms with E-state index in [1.165, 1.54) is 6.07 Å². The van der Waals surface area contributed by atoms with E-state index in [9.17, 15) is 23.1 Å². The van der Waals surface area contributed by atoms with Gasteiger partial charge in [-0.2, -0.15) is 0 Å². The normalized spacial score (nSPS) is 22.2. The first kappa shape index (κ1) is 21.0. The summed E-state index contributed by atoms with van der Waals surface area (Å²) in [5.41, 5.74) is 1.63. The molecule has 0 aromatic heterocycles. The number of aryl methyl sites for hydroxylation is 1. The summed E-state index contributed by atoms with van der Waals surface area (Å²) in [5.74, 6) is -0.123. The molecule has 28 heavy (non-hydrogen) atoms. The molecule has 4 nitrogen and oxygen atoms in total. The van der Waals surface area contributed by atoms with Gasteiger partial charge in [0.25, 0.3) is 0 Å². The van der Waals surface area contributed by atoms with Crippen molar-refractivity contribution in [2.24, 2.45) is 11.3 Å². The monoisotopic (exact) mass is 399 g/mol. The molecule has 1 aliphatic carbocycles. The smallest absolute Gasteiger partial charge is 0.406 e. The standard InChI is InChI=1S/C21H28F3NO3/c1-3-4-17(11-26)19(27)25-12-20(13-25)8-7-16(10-20)15-5-6-18(14(2)9-15)28-21(22,23)24/h5-6,9,16-17,26H,3-4,7-8,10-13H2,1-2H3/t16?,17-/m1/s1. The summed E-state index contributed by atoms with van der Waals surface area (Å²) in [6.45, 7) is 4.96. The first-order valence-electron chi connectivity index (χ1n) is 9.92. The van der Waals surface area contributed by atoms with Crippen LogP contribution in [0.25, 0.3) is 0 Å². The molecular weight excluding hydrogens is 371 g/mol. The summed E-state index contributed by atoms with van der Waals surface area (Å²) >= 11 is 0. The van der Waals surface area contributed by atoms with Crippen molar-refractivity contribution in [1.29, 1.82) is 0 Å². The Bertz CT molecular complexity index is 713. The average Bonchev–Trinajstić information content (AvgIpc) is 3.04. The number of likely N-dealkylation sites (tertiary alicyclic amines) is 1. The third kappa shape index (κ3) is 4.45. The number of nitrogens with zero attached hydrogens (tertiary/aromatic N) is 1. The molecule has 156 valence electrons. The van der Waals surface area contributed by atoms with Crippen LogP contribution in [0.4, 0.5) is 13.2 Å². The van der Waals surface area contributed by atoms with Crippen molar-refractivity contribution in [2.45, 2.75) is 58.2 Å². The van der Waals surface area contributed by atoms with Gasteiger partial charge in [-0.15, -0.1) is 13.2 Å². The molecule has 2 atom stereocenters. The number of alkyl halides is 3. The largest absolute Gasteiger partial charge is 0.573 e. The second-order valence-corrected chi connectivity index (χ2v) is 8.37. The van der Waals surface area contributed by atoms with E-state index in [2.05, 4.69) is 4.74 Å². The third-order valence-corrected chi connectivity index (χ3v) is 6.17. The highest BCUT2D eigenvalue weighted by Gasteiger charge is 2.50. The molecule has 1 spiro atoms. The van der Waals surface area contributed by atoms with E-state index in [1.54, 1.807) is 19.1 Å². The van der Waals surface area contributed by atoms with E-state index < -0.39 is 6.36 Å². The van der Waals surface area contributed by atoms with E-state index in [4.69, 9.17) is 0 Å². The summed E-state index contributed by atoms with van der Waals surface area (Å²) in [5, 5.41) is 9.43. The molecule has 3 rings (SSSR count). The Morgan fingerprint density at radius 2 is 2.11 bits per heavy atom. The second-order valence-electron chi connectivity index (χ2n) is 8.37. The van der Waals surface area contributed by atoms with Crippen molar-refractivity contribution >= 4 is 5.91 Å². The van der Waals surface area contributed by atoms with Crippen molar-refractivity contribution in [1.82, 2.24) is 4.90 Å². The molecular formula is C21H28F3NO3. The molecule has 0 bridgehead atoms. The number of benzene rings is 1. The van der Waals surface area contributed by atoms with Crippen LogP contribution >= 0.6 is 0 Å². The number of amides is 1. The van der Waals surface area contributed by atoms with Gasteiger partial charge in [0.15, 0.2) is 0 Å². The van der Waals surface area contributed by atoms with Gasteiger partial charge in [0.05, 0.1) is 12.5 Å². The van der Waals surface area contributed by atoms with Crippen LogP contribution in [-0.2, 0) is 4.79 Å². The number of halogens is 3. The number of rotatable bonds is 6. The second kappa shape index (κ2) is 7.93. The molecule has 1 aromatic carbocycles. The van der Waals surface area contributed by atoms with Crippen LogP contribution in [0.1, 0.15) is 56.1 Å². The van der Waals surface area contributed by atoms with E-state index in [0.717, 1.165) is 44.3 Å². The van der Waals surface area contributed by atoms with Crippen molar-refractivity contribution in [3.63, 3.8) is 0 Å². The minimum absolute atomic E-state index is 0.0444. The Morgan fingerprint density at radius 3 is 2.68 bits per heavy atom. The molecule has 1 saturated carbocycles. The number of carbonyl (C=O) groups is 1. The van der Waals surface area contributed by atoms with Crippen molar-refractivity contribution < 1.29 is 27.8 Å². The minimum Gasteiger partial charge on any atom is -0.406 e. The molecule has 2 fully saturated rings. The van der Waals surface area contributed by atoms with Crippen LogP contribution in [0.5, 0.6) is 5.75 Å². The van der Waals surface area contributed by atoms with Gasteiger partial charge < -0.3 is 14.7 Å². The lowest BCUT2D eigenvalue weighted by atomic mass is 9.76. The molecule has 1 unspecified atom stereocenters. The van der Waals surface area contributed by atoms with E-state index >= 15 is 0 Å². The first-order chi connectivity index (χ1) is 13.2. The summed E-state index contributed by atoms with van der Waals surface area (Å²) < 4.78 is 41.4. The van der Waals surface area contributed by atoms with E-state index in [-0.39, 0.29) is 29.6 Å². The fourth-order valence-corrected chi connectivity index (χ4v) is 4.76. The summed E-state index contributed by atoms with van der Waals surface area (Å²) in [4.78, 5) is 14.3. The fourth-order valence-electron chi connectivity index (χ4n) is 4.76. The highest BCUT2D eigenvalue weighted by Crippen LogP contribution is 2.52. The highest BCUT2D eigenvalue weighted by atomic mass is 19.4. The van der Waals surface area contributed by atoms with Crippen LogP contribution in [0.2, 0.25) is 0 Å². The predicted molar refractivity (Wildman–Crippen MR) is 99.0 cm³/mol. The Balaban J connectivity index is 1.59. The van der Waals surface area contributed by atoms with Gasteiger partial charge in [-0.1, -0.05) is 25.5 Å². The molecule has 1 amide bonds. The van der Waals surface area contributed by atoms with E-state index in [0.29, 0.717) is 17.9 Å². The number of hydrogen-bond donors (Lipinski definition) is 1. The fraction of sp³-hybridized carbons (Fsp3) is 0.667. The highest BCUT2D eigenvalue weighted by molar-refractivity contribution is 5.80. The maximum atomic E-state index is 12.5. The molecule has 2 aliphatic rings. The molecule has 1 heterocycles. The Labute approximate surface area is 163 Å². The minimum atomic E-state index is -4.68. The molecule has 1 saturated heterocycles. The lowest BCUT2D eigenvalue weighted by Gasteiger charge is -2.49. The van der Waals surface area contributed by atoms with Gasteiger partial charge in [-0.3, -0.25) is 4.79 Å². The SMILES string of the molecule is CCC[C@H](CO)C(=O)N1CC2(CCC(c3ccc(OC(F)(F)F)c(C)c3)C2)C1. The molecule has 7 heteroatoms. The van der Waals surface area contributed by atoms with Gasteiger partial charge in [-0.05, 0) is 55.7 Å². The number of aliphatic hydroxyl groups is 1. The summed E-state index contributed by atoms with van der Waals surface area (Å²) in [6.07, 6.45) is -0.195. The van der Waals surface area contributed by atoms with Gasteiger partial charge in [0.2, 0.25) is 5.91 Å². The first-order valence-corrected chi connectivity index (χ1v) is 9.92. The predicted octanol–water partition coefficient (Wildman–Crippen LogP) is 4.40. The summed E-state index contributed by atoms with van der Waals surface area (Å²) in [6, 6.07) is 4.91. The number of ether oxygens (including phenoxy) is 1. The quantitative estimate of drug-likeness (QED) is 0.772. The molecule has 1 aliphatic heterocycles. The van der Waals surface area contributed by atoms with Crippen LogP contribution in [0, 0.1) is 18.3 Å². The Morgan fingerprint density at radius 1 is 1.39 bits per heavy atom. The third-order valence-electron chi connectivity index (χ3n) is 6.17. The van der Waals surface area contributed by atoms with E-state index in [1.807, 2.05) is 11.8 Å². The number of carbonyl (C=O) groups excluding carboxylic acids is 1. The molecule has 0 radical (unpaired) electrons.